The van der Waals surface area contributed by atoms with Gasteiger partial charge in [0.25, 0.3) is 0 Å². The van der Waals surface area contributed by atoms with Crippen LogP contribution in [0.3, 0.4) is 0 Å². The largest absolute Gasteiger partial charge is 0.385 e. The van der Waals surface area contributed by atoms with Crippen molar-refractivity contribution in [2.75, 3.05) is 25.1 Å². The van der Waals surface area contributed by atoms with E-state index in [1.165, 1.54) is 6.92 Å². The second-order valence-electron chi connectivity index (χ2n) is 9.89. The van der Waals surface area contributed by atoms with Gasteiger partial charge in [-0.2, -0.15) is 0 Å². The summed E-state index contributed by atoms with van der Waals surface area (Å²) in [6.07, 6.45) is 0.734. The number of carbonyl (C=O) groups is 4. The van der Waals surface area contributed by atoms with Gasteiger partial charge in [-0.3, -0.25) is 24.1 Å². The van der Waals surface area contributed by atoms with E-state index in [-0.39, 0.29) is 40.9 Å². The molecule has 1 spiro atoms. The fourth-order valence-electron chi connectivity index (χ4n) is 5.15. The molecule has 2 fully saturated rings. The quantitative estimate of drug-likeness (QED) is 0.397. The first-order valence-corrected chi connectivity index (χ1v) is 14.7. The van der Waals surface area contributed by atoms with Crippen LogP contribution in [0.15, 0.2) is 30.3 Å². The molecular formula is C27H38N2O5S2. The SMILES string of the molecule is CCCC(CC(=O)C1CC2(CN1C)SCCS2)C(O)C(=O)CCC(=O)N[C@H](C(C)=O)c1ccccc1. The van der Waals surface area contributed by atoms with Gasteiger partial charge in [-0.1, -0.05) is 43.7 Å². The van der Waals surface area contributed by atoms with Crippen LogP contribution >= 0.6 is 23.5 Å². The topological polar surface area (TPSA) is 104 Å². The second kappa shape index (κ2) is 13.2. The van der Waals surface area contributed by atoms with Crippen molar-refractivity contribution in [3.05, 3.63) is 35.9 Å². The molecule has 3 unspecified atom stereocenters. The molecule has 3 rings (SSSR count). The number of ketones is 3. The van der Waals surface area contributed by atoms with Gasteiger partial charge in [-0.05, 0) is 38.3 Å². The van der Waals surface area contributed by atoms with E-state index in [2.05, 4.69) is 10.2 Å². The van der Waals surface area contributed by atoms with Crippen LogP contribution in [0.4, 0.5) is 0 Å². The Balaban J connectivity index is 1.53. The summed E-state index contributed by atoms with van der Waals surface area (Å²) in [5.41, 5.74) is 0.680. The number of rotatable bonds is 13. The number of benzene rings is 1. The maximum Gasteiger partial charge on any atom is 0.221 e. The lowest BCUT2D eigenvalue weighted by atomic mass is 9.86. The fourth-order valence-corrected chi connectivity index (χ4v) is 8.54. The van der Waals surface area contributed by atoms with Crippen LogP contribution in [0.1, 0.15) is 64.0 Å². The van der Waals surface area contributed by atoms with Gasteiger partial charge in [-0.25, -0.2) is 0 Å². The smallest absolute Gasteiger partial charge is 0.221 e. The lowest BCUT2D eigenvalue weighted by Gasteiger charge is -2.24. The molecule has 2 saturated heterocycles. The number of hydrogen-bond acceptors (Lipinski definition) is 8. The predicted molar refractivity (Wildman–Crippen MR) is 145 cm³/mol. The molecule has 198 valence electrons. The van der Waals surface area contributed by atoms with E-state index in [1.54, 1.807) is 24.3 Å². The summed E-state index contributed by atoms with van der Waals surface area (Å²) in [6.45, 7) is 4.25. The Morgan fingerprint density at radius 2 is 1.81 bits per heavy atom. The van der Waals surface area contributed by atoms with Crippen molar-refractivity contribution < 1.29 is 24.3 Å². The number of aliphatic hydroxyl groups excluding tert-OH is 1. The number of thioether (sulfide) groups is 2. The first kappa shape index (κ1) is 28.9. The monoisotopic (exact) mass is 534 g/mol. The molecule has 9 heteroatoms. The summed E-state index contributed by atoms with van der Waals surface area (Å²) in [5, 5.41) is 13.5. The number of likely N-dealkylation sites (tertiary alicyclic amines) is 1. The Labute approximate surface area is 222 Å². The molecule has 1 amide bonds. The molecule has 2 heterocycles. The van der Waals surface area contributed by atoms with E-state index >= 15 is 0 Å². The predicted octanol–water partition coefficient (Wildman–Crippen LogP) is 3.40. The van der Waals surface area contributed by atoms with E-state index in [1.807, 2.05) is 43.6 Å². The number of nitrogens with one attached hydrogen (secondary N) is 1. The first-order chi connectivity index (χ1) is 17.2. The molecule has 1 aromatic carbocycles. The summed E-state index contributed by atoms with van der Waals surface area (Å²) in [5.74, 6) is 0.782. The van der Waals surface area contributed by atoms with E-state index in [4.69, 9.17) is 0 Å². The van der Waals surface area contributed by atoms with Gasteiger partial charge >= 0.3 is 0 Å². The Morgan fingerprint density at radius 3 is 2.42 bits per heavy atom. The molecule has 0 aliphatic carbocycles. The van der Waals surface area contributed by atoms with Gasteiger partial charge in [0.05, 0.1) is 10.1 Å². The molecule has 36 heavy (non-hydrogen) atoms. The molecule has 7 nitrogen and oxygen atoms in total. The molecular weight excluding hydrogens is 496 g/mol. The van der Waals surface area contributed by atoms with Crippen LogP contribution < -0.4 is 5.32 Å². The lowest BCUT2D eigenvalue weighted by Crippen LogP contribution is -2.38. The van der Waals surface area contributed by atoms with E-state index in [9.17, 15) is 24.3 Å². The van der Waals surface area contributed by atoms with Gasteiger partial charge in [-0.15, -0.1) is 23.5 Å². The first-order valence-electron chi connectivity index (χ1n) is 12.7. The summed E-state index contributed by atoms with van der Waals surface area (Å²) in [4.78, 5) is 52.7. The zero-order valence-corrected chi connectivity index (χ0v) is 23.0. The van der Waals surface area contributed by atoms with Gasteiger partial charge < -0.3 is 10.4 Å². The van der Waals surface area contributed by atoms with Gasteiger partial charge in [0.2, 0.25) is 5.91 Å². The highest BCUT2D eigenvalue weighted by atomic mass is 32.2. The van der Waals surface area contributed by atoms with E-state index in [0.29, 0.717) is 12.0 Å². The normalized spacial score (nSPS) is 21.7. The summed E-state index contributed by atoms with van der Waals surface area (Å²) in [7, 11) is 1.98. The maximum absolute atomic E-state index is 13.2. The molecule has 2 aliphatic rings. The number of amides is 1. The number of nitrogens with zero attached hydrogens (tertiary/aromatic N) is 1. The number of aliphatic hydroxyl groups is 1. The highest BCUT2D eigenvalue weighted by molar-refractivity contribution is 8.21. The Bertz CT molecular complexity index is 935. The van der Waals surface area contributed by atoms with Crippen LogP contribution in [0, 0.1) is 5.92 Å². The van der Waals surface area contributed by atoms with Gasteiger partial charge in [0.15, 0.2) is 11.6 Å². The summed E-state index contributed by atoms with van der Waals surface area (Å²) >= 11 is 3.88. The highest BCUT2D eigenvalue weighted by Gasteiger charge is 2.48. The fraction of sp³-hybridized carbons (Fsp3) is 0.630. The van der Waals surface area contributed by atoms with Crippen LogP contribution in [0.2, 0.25) is 0 Å². The molecule has 0 radical (unpaired) electrons. The summed E-state index contributed by atoms with van der Waals surface area (Å²) in [6, 6.07) is 7.99. The molecule has 4 atom stereocenters. The van der Waals surface area contributed by atoms with Crippen LogP contribution in [-0.2, 0) is 19.2 Å². The molecule has 2 aliphatic heterocycles. The second-order valence-corrected chi connectivity index (χ2v) is 13.1. The molecule has 0 aromatic heterocycles. The van der Waals surface area contributed by atoms with E-state index < -0.39 is 29.8 Å². The minimum absolute atomic E-state index is 0.0812. The van der Waals surface area contributed by atoms with Crippen LogP contribution in [0.5, 0.6) is 0 Å². The van der Waals surface area contributed by atoms with Crippen molar-refractivity contribution in [3.8, 4) is 0 Å². The molecule has 0 saturated carbocycles. The van der Waals surface area contributed by atoms with E-state index in [0.717, 1.165) is 30.9 Å². The van der Waals surface area contributed by atoms with Crippen molar-refractivity contribution >= 4 is 46.8 Å². The van der Waals surface area contributed by atoms with Crippen molar-refractivity contribution in [3.63, 3.8) is 0 Å². The third kappa shape index (κ3) is 7.43. The third-order valence-corrected chi connectivity index (χ3v) is 10.5. The zero-order valence-electron chi connectivity index (χ0n) is 21.4. The standard InChI is InChI=1S/C27H38N2O5S2/c1-4-8-20(15-23(32)21-16-27(17-29(21)3)35-13-14-36-27)26(34)22(31)11-12-24(33)28-25(18(2)30)19-9-6-5-7-10-19/h5-7,9-10,20-21,25-26,34H,4,8,11-17H2,1-3H3,(H,28,33)/t20?,21?,25-,26?/m1/s1. The van der Waals surface area contributed by atoms with Crippen LogP contribution in [0.25, 0.3) is 0 Å². The lowest BCUT2D eigenvalue weighted by molar-refractivity contribution is -0.134. The Morgan fingerprint density at radius 1 is 1.14 bits per heavy atom. The average Bonchev–Trinajstić information content (AvgIpc) is 3.45. The molecule has 1 aromatic rings. The number of carbonyl (C=O) groups excluding carboxylic acids is 4. The van der Waals surface area contributed by atoms with Gasteiger partial charge in [0.1, 0.15) is 17.9 Å². The highest BCUT2D eigenvalue weighted by Crippen LogP contribution is 2.51. The third-order valence-electron chi connectivity index (χ3n) is 7.05. The van der Waals surface area contributed by atoms with Crippen molar-refractivity contribution in [1.82, 2.24) is 10.2 Å². The Hall–Kier alpha value is -1.68. The molecule has 0 bridgehead atoms. The zero-order chi connectivity index (χ0) is 26.3. The number of likely N-dealkylation sites (N-methyl/N-ethyl adjacent to an activating group) is 1. The number of Topliss-reactive ketones (excluding diaryl/α,β-unsaturated/α-hetero) is 3. The Kier molecular flexibility index (Phi) is 10.6. The van der Waals surface area contributed by atoms with Crippen LogP contribution in [-0.4, -0.2) is 74.6 Å². The molecule has 2 N–H and O–H groups in total. The van der Waals surface area contributed by atoms with Gasteiger partial charge in [0, 0.05) is 37.3 Å². The van der Waals surface area contributed by atoms with Crippen molar-refractivity contribution in [2.24, 2.45) is 5.92 Å². The summed E-state index contributed by atoms with van der Waals surface area (Å²) < 4.78 is 0.0919. The minimum Gasteiger partial charge on any atom is -0.385 e. The maximum atomic E-state index is 13.2. The van der Waals surface area contributed by atoms with Crippen molar-refractivity contribution in [2.45, 2.75) is 74.6 Å². The minimum atomic E-state index is -1.28. The average molecular weight is 535 g/mol. The van der Waals surface area contributed by atoms with Crippen molar-refractivity contribution in [1.29, 1.82) is 0 Å². The number of hydrogen-bond donors (Lipinski definition) is 2.